The van der Waals surface area contributed by atoms with E-state index in [1.54, 1.807) is 20.0 Å². The van der Waals surface area contributed by atoms with E-state index in [2.05, 4.69) is 15.9 Å². The summed E-state index contributed by atoms with van der Waals surface area (Å²) in [5, 5.41) is 0. The molecule has 1 aromatic heterocycles. The summed E-state index contributed by atoms with van der Waals surface area (Å²) in [5.74, 6) is 0.424. The van der Waals surface area contributed by atoms with Gasteiger partial charge in [-0.3, -0.25) is 4.79 Å². The van der Waals surface area contributed by atoms with E-state index in [0.29, 0.717) is 12.2 Å². The molecule has 0 fully saturated rings. The Hall–Kier alpha value is -0.640. The Morgan fingerprint density at radius 3 is 2.82 bits per heavy atom. The number of carbonyl (C=O) groups excluding carboxylic acids is 1. The van der Waals surface area contributed by atoms with Crippen LogP contribution in [0, 0.1) is 0 Å². The standard InChI is InChI=1S/C7H9BrNO2/c1-3-5(10)6-4-7(8)9(2)11-6/h4H,3H2,1-2H3/q+1. The van der Waals surface area contributed by atoms with Crippen molar-refractivity contribution in [3.63, 3.8) is 0 Å². The molecule has 0 radical (unpaired) electrons. The Labute approximate surface area is 73.1 Å². The number of nitrogens with zero attached hydrogens (tertiary/aromatic N) is 1. The summed E-state index contributed by atoms with van der Waals surface area (Å²) in [4.78, 5) is 11.1. The first-order valence-corrected chi connectivity index (χ1v) is 4.13. The third-order valence-corrected chi connectivity index (χ3v) is 2.11. The quantitative estimate of drug-likeness (QED) is 0.557. The van der Waals surface area contributed by atoms with Gasteiger partial charge in [0, 0.05) is 22.4 Å². The molecular formula is C7H9BrNO2+. The second-order valence-corrected chi connectivity index (χ2v) is 3.01. The van der Waals surface area contributed by atoms with Crippen molar-refractivity contribution in [1.29, 1.82) is 0 Å². The van der Waals surface area contributed by atoms with Gasteiger partial charge in [-0.1, -0.05) is 6.92 Å². The van der Waals surface area contributed by atoms with E-state index in [0.717, 1.165) is 4.60 Å². The monoisotopic (exact) mass is 218 g/mol. The van der Waals surface area contributed by atoms with Crippen molar-refractivity contribution in [3.8, 4) is 0 Å². The van der Waals surface area contributed by atoms with Crippen LogP contribution in [-0.4, -0.2) is 5.78 Å². The van der Waals surface area contributed by atoms with Crippen molar-refractivity contribution in [3.05, 3.63) is 16.4 Å². The van der Waals surface area contributed by atoms with E-state index in [1.165, 1.54) is 4.74 Å². The molecule has 0 spiro atoms. The molecule has 0 aliphatic rings. The number of aromatic nitrogens is 1. The van der Waals surface area contributed by atoms with Gasteiger partial charge in [0.15, 0.2) is 7.05 Å². The fourth-order valence-corrected chi connectivity index (χ4v) is 1.00. The first-order chi connectivity index (χ1) is 5.15. The number of carbonyl (C=O) groups is 1. The van der Waals surface area contributed by atoms with Gasteiger partial charge in [0.05, 0.1) is 6.07 Å². The number of aryl methyl sites for hydroxylation is 1. The van der Waals surface area contributed by atoms with Crippen LogP contribution in [0.2, 0.25) is 0 Å². The van der Waals surface area contributed by atoms with Crippen LogP contribution in [0.15, 0.2) is 15.2 Å². The lowest BCUT2D eigenvalue weighted by molar-refractivity contribution is -0.853. The number of rotatable bonds is 2. The predicted octanol–water partition coefficient (Wildman–Crippen LogP) is 1.46. The zero-order valence-corrected chi connectivity index (χ0v) is 8.01. The predicted molar refractivity (Wildman–Crippen MR) is 42.2 cm³/mol. The molecule has 60 valence electrons. The van der Waals surface area contributed by atoms with Gasteiger partial charge in [-0.05, 0) is 4.74 Å². The number of hydrogen-bond donors (Lipinski definition) is 0. The lowest BCUT2D eigenvalue weighted by Crippen LogP contribution is -2.25. The minimum absolute atomic E-state index is 0.0197. The average Bonchev–Trinajstić information content (AvgIpc) is 2.31. The average molecular weight is 219 g/mol. The third kappa shape index (κ3) is 1.68. The molecule has 3 nitrogen and oxygen atoms in total. The maximum Gasteiger partial charge on any atom is 0.296 e. The van der Waals surface area contributed by atoms with Crippen LogP contribution in [0.1, 0.15) is 23.9 Å². The Bertz CT molecular complexity index is 260. The van der Waals surface area contributed by atoms with Gasteiger partial charge in [-0.15, -0.1) is 0 Å². The normalized spacial score (nSPS) is 10.1. The van der Waals surface area contributed by atoms with Crippen LogP contribution in [0.25, 0.3) is 0 Å². The molecular weight excluding hydrogens is 210 g/mol. The van der Waals surface area contributed by atoms with E-state index in [1.807, 2.05) is 0 Å². The van der Waals surface area contributed by atoms with Gasteiger partial charge in [0.1, 0.15) is 0 Å². The SMILES string of the molecule is CCC(=O)c1cc(Br)[n+](C)o1. The van der Waals surface area contributed by atoms with Crippen molar-refractivity contribution in [2.75, 3.05) is 0 Å². The molecule has 0 aliphatic carbocycles. The lowest BCUT2D eigenvalue weighted by atomic mass is 10.2. The highest BCUT2D eigenvalue weighted by Crippen LogP contribution is 2.09. The molecule has 1 aromatic rings. The molecule has 0 unspecified atom stereocenters. The molecule has 1 heterocycles. The highest BCUT2D eigenvalue weighted by molar-refractivity contribution is 9.10. The minimum Gasteiger partial charge on any atom is -0.290 e. The second-order valence-electron chi connectivity index (χ2n) is 2.20. The van der Waals surface area contributed by atoms with Crippen LogP contribution in [0.5, 0.6) is 0 Å². The Balaban J connectivity index is 2.97. The van der Waals surface area contributed by atoms with E-state index in [-0.39, 0.29) is 5.78 Å². The first-order valence-electron chi connectivity index (χ1n) is 3.34. The van der Waals surface area contributed by atoms with E-state index in [9.17, 15) is 4.79 Å². The third-order valence-electron chi connectivity index (χ3n) is 1.38. The Morgan fingerprint density at radius 2 is 2.45 bits per heavy atom. The summed E-state index contributed by atoms with van der Waals surface area (Å²) in [7, 11) is 1.73. The van der Waals surface area contributed by atoms with Crippen LogP contribution in [0.3, 0.4) is 0 Å². The number of ketones is 1. The molecule has 0 N–H and O–H groups in total. The smallest absolute Gasteiger partial charge is 0.290 e. The Morgan fingerprint density at radius 1 is 1.82 bits per heavy atom. The molecule has 0 aromatic carbocycles. The molecule has 0 atom stereocenters. The molecule has 11 heavy (non-hydrogen) atoms. The molecule has 0 aliphatic heterocycles. The summed E-state index contributed by atoms with van der Waals surface area (Å²) in [6, 6.07) is 1.67. The molecule has 1 rings (SSSR count). The summed E-state index contributed by atoms with van der Waals surface area (Å²) >= 11 is 3.23. The van der Waals surface area contributed by atoms with Gasteiger partial charge < -0.3 is 0 Å². The van der Waals surface area contributed by atoms with Crippen LogP contribution in [-0.2, 0) is 7.05 Å². The van der Waals surface area contributed by atoms with Crippen LogP contribution in [0.4, 0.5) is 0 Å². The largest absolute Gasteiger partial charge is 0.296 e. The second kappa shape index (κ2) is 3.17. The lowest BCUT2D eigenvalue weighted by Gasteiger charge is -1.82. The molecule has 0 amide bonds. The molecule has 0 bridgehead atoms. The summed E-state index contributed by atoms with van der Waals surface area (Å²) in [6.45, 7) is 1.80. The molecule has 0 saturated heterocycles. The number of Topliss-reactive ketones (excluding diaryl/α,β-unsaturated/α-hetero) is 1. The highest BCUT2D eigenvalue weighted by Gasteiger charge is 2.17. The zero-order valence-electron chi connectivity index (χ0n) is 6.43. The fourth-order valence-electron chi connectivity index (χ4n) is 0.722. The summed E-state index contributed by atoms with van der Waals surface area (Å²) in [6.07, 6.45) is 0.472. The maximum absolute atomic E-state index is 11.1. The number of hydrogen-bond acceptors (Lipinski definition) is 2. The van der Waals surface area contributed by atoms with E-state index in [4.69, 9.17) is 4.52 Å². The van der Waals surface area contributed by atoms with Gasteiger partial charge in [0.25, 0.3) is 10.4 Å². The van der Waals surface area contributed by atoms with Crippen LogP contribution >= 0.6 is 15.9 Å². The van der Waals surface area contributed by atoms with Crippen molar-refractivity contribution in [2.45, 2.75) is 13.3 Å². The maximum atomic E-state index is 11.1. The van der Waals surface area contributed by atoms with Crippen molar-refractivity contribution in [2.24, 2.45) is 7.05 Å². The van der Waals surface area contributed by atoms with Gasteiger partial charge in [-0.2, -0.15) is 0 Å². The topological polar surface area (TPSA) is 34.1 Å². The first kappa shape index (κ1) is 8.46. The summed E-state index contributed by atoms with van der Waals surface area (Å²) < 4.78 is 7.36. The van der Waals surface area contributed by atoms with E-state index < -0.39 is 0 Å². The number of halogens is 1. The Kier molecular flexibility index (Phi) is 2.44. The fraction of sp³-hybridized carbons (Fsp3) is 0.429. The van der Waals surface area contributed by atoms with Crippen molar-refractivity contribution in [1.82, 2.24) is 0 Å². The van der Waals surface area contributed by atoms with Gasteiger partial charge in [0.2, 0.25) is 5.78 Å². The van der Waals surface area contributed by atoms with Crippen LogP contribution < -0.4 is 4.74 Å². The summed E-state index contributed by atoms with van der Waals surface area (Å²) in [5.41, 5.74) is 0. The van der Waals surface area contributed by atoms with E-state index >= 15 is 0 Å². The van der Waals surface area contributed by atoms with Gasteiger partial charge in [-0.25, -0.2) is 4.52 Å². The molecule has 0 saturated carbocycles. The zero-order chi connectivity index (χ0) is 8.43. The van der Waals surface area contributed by atoms with Crippen molar-refractivity contribution >= 4 is 21.7 Å². The molecule has 4 heteroatoms. The minimum atomic E-state index is 0.0197. The van der Waals surface area contributed by atoms with Gasteiger partial charge >= 0.3 is 0 Å². The van der Waals surface area contributed by atoms with Crippen molar-refractivity contribution < 1.29 is 14.1 Å². The highest BCUT2D eigenvalue weighted by atomic mass is 79.9.